The summed E-state index contributed by atoms with van der Waals surface area (Å²) < 4.78 is 49.8. The van der Waals surface area contributed by atoms with Crippen molar-refractivity contribution in [1.29, 1.82) is 0 Å². The average Bonchev–Trinajstić information content (AvgIpc) is 2.93. The molecule has 0 fully saturated rings. The summed E-state index contributed by atoms with van der Waals surface area (Å²) in [6, 6.07) is 25.1. The zero-order valence-electron chi connectivity index (χ0n) is 23.4. The Hall–Kier alpha value is -4.08. The van der Waals surface area contributed by atoms with E-state index in [-0.39, 0.29) is 10.5 Å². The van der Waals surface area contributed by atoms with Crippen molar-refractivity contribution in [2.45, 2.75) is 23.5 Å². The van der Waals surface area contributed by atoms with E-state index in [1.807, 2.05) is 48.5 Å². The molecule has 0 aliphatic rings. The Morgan fingerprint density at radius 1 is 0.732 bits per heavy atom. The second-order valence-corrected chi connectivity index (χ2v) is 15.3. The lowest BCUT2D eigenvalue weighted by Gasteiger charge is -2.24. The molecule has 210 valence electrons. The smallest absolute Gasteiger partial charge is 0.250 e. The monoisotopic (exact) mass is 586 g/mol. The van der Waals surface area contributed by atoms with Gasteiger partial charge in [-0.05, 0) is 78.6 Å². The first kappa shape index (κ1) is 28.4. The highest BCUT2D eigenvalue weighted by Crippen LogP contribution is 2.38. The van der Waals surface area contributed by atoms with Crippen LogP contribution in [0.25, 0.3) is 44.4 Å². The molecule has 2 heterocycles. The Morgan fingerprint density at radius 3 is 2.02 bits per heavy atom. The van der Waals surface area contributed by atoms with Crippen molar-refractivity contribution in [1.82, 2.24) is 9.55 Å². The third-order valence-electron chi connectivity index (χ3n) is 7.68. The average molecular weight is 587 g/mol. The van der Waals surface area contributed by atoms with Crippen LogP contribution >= 0.6 is 0 Å². The Morgan fingerprint density at radius 2 is 1.39 bits per heavy atom. The standard InChI is InChI=1S/C32H30N2O5S2/c1-32(2,41(5,38)39)25-19-24-10-7-17-33-30(24)28(20-25)23-9-6-8-22(18-23)27-15-16-29(35)34(3)31(27)21-11-13-26(14-12-21)40(4,36)37/h6-20H,1-5H3. The van der Waals surface area contributed by atoms with Crippen LogP contribution in [0.4, 0.5) is 0 Å². The predicted molar refractivity (Wildman–Crippen MR) is 164 cm³/mol. The van der Waals surface area contributed by atoms with Crippen molar-refractivity contribution in [2.24, 2.45) is 7.05 Å². The highest BCUT2D eigenvalue weighted by Gasteiger charge is 2.33. The third kappa shape index (κ3) is 5.23. The fourth-order valence-electron chi connectivity index (χ4n) is 4.91. The first-order valence-corrected chi connectivity index (χ1v) is 16.7. The fourth-order valence-corrected chi connectivity index (χ4v) is 6.08. The molecule has 41 heavy (non-hydrogen) atoms. The molecule has 5 aromatic rings. The summed E-state index contributed by atoms with van der Waals surface area (Å²) in [6.07, 6.45) is 4.11. The number of hydrogen-bond acceptors (Lipinski definition) is 6. The molecular weight excluding hydrogens is 556 g/mol. The van der Waals surface area contributed by atoms with Gasteiger partial charge in [-0.25, -0.2) is 16.8 Å². The molecule has 0 radical (unpaired) electrons. The molecule has 0 amide bonds. The van der Waals surface area contributed by atoms with E-state index in [0.29, 0.717) is 16.8 Å². The molecule has 0 aliphatic carbocycles. The summed E-state index contributed by atoms with van der Waals surface area (Å²) in [5.41, 5.74) is 5.79. The Kier molecular flexibility index (Phi) is 6.99. The number of sulfone groups is 2. The van der Waals surface area contributed by atoms with Crippen LogP contribution in [-0.2, 0) is 31.5 Å². The highest BCUT2D eigenvalue weighted by molar-refractivity contribution is 7.91. The van der Waals surface area contributed by atoms with Crippen molar-refractivity contribution in [2.75, 3.05) is 12.5 Å². The van der Waals surface area contributed by atoms with E-state index in [1.54, 1.807) is 49.9 Å². The number of nitrogens with zero attached hydrogens (tertiary/aromatic N) is 2. The normalized spacial score (nSPS) is 12.5. The van der Waals surface area contributed by atoms with Gasteiger partial charge in [0.25, 0.3) is 5.56 Å². The molecule has 0 unspecified atom stereocenters. The van der Waals surface area contributed by atoms with Gasteiger partial charge in [0, 0.05) is 48.3 Å². The van der Waals surface area contributed by atoms with Gasteiger partial charge in [-0.3, -0.25) is 9.78 Å². The van der Waals surface area contributed by atoms with Gasteiger partial charge in [-0.15, -0.1) is 0 Å². The maximum Gasteiger partial charge on any atom is 0.250 e. The lowest BCUT2D eigenvalue weighted by atomic mass is 9.91. The van der Waals surface area contributed by atoms with E-state index in [9.17, 15) is 21.6 Å². The zero-order valence-corrected chi connectivity index (χ0v) is 25.0. The van der Waals surface area contributed by atoms with E-state index in [0.717, 1.165) is 39.4 Å². The van der Waals surface area contributed by atoms with Crippen molar-refractivity contribution in [3.63, 3.8) is 0 Å². The molecule has 9 heteroatoms. The molecule has 0 atom stereocenters. The zero-order chi connectivity index (χ0) is 29.7. The summed E-state index contributed by atoms with van der Waals surface area (Å²) in [4.78, 5) is 17.5. The Balaban J connectivity index is 1.73. The summed E-state index contributed by atoms with van der Waals surface area (Å²) >= 11 is 0. The lowest BCUT2D eigenvalue weighted by molar-refractivity contribution is 0.561. The van der Waals surface area contributed by atoms with Crippen LogP contribution < -0.4 is 5.56 Å². The van der Waals surface area contributed by atoms with Crippen LogP contribution in [0.1, 0.15) is 19.4 Å². The van der Waals surface area contributed by atoms with Gasteiger partial charge in [0.05, 0.1) is 20.9 Å². The molecule has 7 nitrogen and oxygen atoms in total. The molecule has 0 aliphatic heterocycles. The van der Waals surface area contributed by atoms with Gasteiger partial charge in [0.15, 0.2) is 19.7 Å². The quantitative estimate of drug-likeness (QED) is 0.256. The van der Waals surface area contributed by atoms with E-state index in [4.69, 9.17) is 0 Å². The van der Waals surface area contributed by atoms with E-state index >= 15 is 0 Å². The van der Waals surface area contributed by atoms with Crippen LogP contribution in [0.5, 0.6) is 0 Å². The van der Waals surface area contributed by atoms with Gasteiger partial charge < -0.3 is 4.57 Å². The third-order valence-corrected chi connectivity index (χ3v) is 10.9. The van der Waals surface area contributed by atoms with Crippen molar-refractivity contribution < 1.29 is 16.8 Å². The first-order chi connectivity index (χ1) is 19.2. The Labute approximate surface area is 240 Å². The molecule has 0 bridgehead atoms. The number of benzene rings is 3. The highest BCUT2D eigenvalue weighted by atomic mass is 32.2. The van der Waals surface area contributed by atoms with E-state index in [1.165, 1.54) is 24.5 Å². The van der Waals surface area contributed by atoms with Crippen LogP contribution in [-0.4, -0.2) is 38.9 Å². The summed E-state index contributed by atoms with van der Waals surface area (Å²) in [6.45, 7) is 3.40. The summed E-state index contributed by atoms with van der Waals surface area (Å²) in [5.74, 6) is 0. The molecule has 5 rings (SSSR count). The largest absolute Gasteiger partial charge is 0.311 e. The van der Waals surface area contributed by atoms with Crippen molar-refractivity contribution in [3.05, 3.63) is 107 Å². The maximum atomic E-state index is 12.7. The predicted octanol–water partition coefficient (Wildman–Crippen LogP) is 5.62. The lowest BCUT2D eigenvalue weighted by Crippen LogP contribution is -2.28. The minimum atomic E-state index is -3.42. The first-order valence-electron chi connectivity index (χ1n) is 12.9. The number of aromatic nitrogens is 2. The minimum absolute atomic E-state index is 0.196. The fraction of sp³-hybridized carbons (Fsp3) is 0.188. The van der Waals surface area contributed by atoms with Crippen LogP contribution in [0.3, 0.4) is 0 Å². The SMILES string of the molecule is Cn1c(-c2ccc(S(C)(=O)=O)cc2)c(-c2cccc(-c3cc(C(C)(C)S(C)(=O)=O)cc4cccnc34)c2)ccc1=O. The van der Waals surface area contributed by atoms with Gasteiger partial charge in [-0.2, -0.15) is 0 Å². The second kappa shape index (κ2) is 10.1. The van der Waals surface area contributed by atoms with E-state index < -0.39 is 24.4 Å². The van der Waals surface area contributed by atoms with Crippen LogP contribution in [0, 0.1) is 0 Å². The number of hydrogen-bond donors (Lipinski definition) is 0. The molecule has 0 spiro atoms. The van der Waals surface area contributed by atoms with Gasteiger partial charge in [-0.1, -0.05) is 36.4 Å². The topological polar surface area (TPSA) is 103 Å². The molecular formula is C32H30N2O5S2. The summed E-state index contributed by atoms with van der Waals surface area (Å²) in [7, 11) is -5.11. The molecule has 0 N–H and O–H groups in total. The second-order valence-electron chi connectivity index (χ2n) is 10.8. The van der Waals surface area contributed by atoms with E-state index in [2.05, 4.69) is 4.98 Å². The van der Waals surface area contributed by atoms with Crippen molar-refractivity contribution in [3.8, 4) is 33.5 Å². The van der Waals surface area contributed by atoms with Gasteiger partial charge in [0.2, 0.25) is 0 Å². The molecule has 0 saturated heterocycles. The van der Waals surface area contributed by atoms with Gasteiger partial charge in [0.1, 0.15) is 0 Å². The summed E-state index contributed by atoms with van der Waals surface area (Å²) in [5, 5.41) is 0.830. The number of fused-ring (bicyclic) bond motifs is 1. The Bertz CT molecular complexity index is 2100. The maximum absolute atomic E-state index is 12.7. The molecule has 2 aromatic heterocycles. The van der Waals surface area contributed by atoms with Crippen LogP contribution in [0.2, 0.25) is 0 Å². The molecule has 3 aromatic carbocycles. The van der Waals surface area contributed by atoms with Crippen molar-refractivity contribution >= 4 is 30.6 Å². The minimum Gasteiger partial charge on any atom is -0.311 e. The van der Waals surface area contributed by atoms with Crippen LogP contribution in [0.15, 0.2) is 101 Å². The number of pyridine rings is 2. The molecule has 0 saturated carbocycles. The van der Waals surface area contributed by atoms with Gasteiger partial charge >= 0.3 is 0 Å². The number of rotatable bonds is 6.